The minimum absolute atomic E-state index is 0.922. The van der Waals surface area contributed by atoms with E-state index in [1.54, 1.807) is 0 Å². The van der Waals surface area contributed by atoms with E-state index in [0.29, 0.717) is 0 Å². The lowest BCUT2D eigenvalue weighted by Crippen LogP contribution is -1.73. The molecule has 0 atom stereocenters. The fourth-order valence-electron chi connectivity index (χ4n) is 0.587. The van der Waals surface area contributed by atoms with Gasteiger partial charge in [-0.3, -0.25) is 0 Å². The highest BCUT2D eigenvalue weighted by atomic mass is 16.6. The smallest absolute Gasteiger partial charge is 0.116 e. The van der Waals surface area contributed by atoms with E-state index in [1.807, 2.05) is 0 Å². The summed E-state index contributed by atoms with van der Waals surface area (Å²) in [6.07, 6.45) is 5.65. The first-order chi connectivity index (χ1) is 5.41. The Bertz CT molecular complexity index is 153. The Kier molecular flexibility index (Phi) is 8.23. The van der Waals surface area contributed by atoms with E-state index in [1.165, 1.54) is 13.3 Å². The van der Waals surface area contributed by atoms with Crippen LogP contribution in [0, 0.1) is 18.8 Å². The van der Waals surface area contributed by atoms with Crippen LogP contribution >= 0.6 is 0 Å². The molecule has 0 unspecified atom stereocenters. The van der Waals surface area contributed by atoms with Crippen LogP contribution in [0.2, 0.25) is 0 Å². The van der Waals surface area contributed by atoms with E-state index < -0.39 is 0 Å². The summed E-state index contributed by atoms with van der Waals surface area (Å²) in [5, 5.41) is 3.48. The Labute approximate surface area is 68.6 Å². The van der Waals surface area contributed by atoms with Gasteiger partial charge in [0.05, 0.1) is 0 Å². The Morgan fingerprint density at radius 1 is 1.55 bits per heavy atom. The molecular formula is C9H14NO. The molecule has 0 spiro atoms. The minimum Gasteiger partial charge on any atom is -0.399 e. The Morgan fingerprint density at radius 3 is 3.00 bits per heavy atom. The van der Waals surface area contributed by atoms with Crippen molar-refractivity contribution in [1.82, 2.24) is 0 Å². The molecule has 0 aromatic carbocycles. The van der Waals surface area contributed by atoms with Gasteiger partial charge in [-0.1, -0.05) is 36.8 Å². The van der Waals surface area contributed by atoms with Gasteiger partial charge in [0.2, 0.25) is 0 Å². The molecule has 0 aromatic rings. The van der Waals surface area contributed by atoms with Gasteiger partial charge in [-0.2, -0.15) is 0 Å². The summed E-state index contributed by atoms with van der Waals surface area (Å²) in [4.78, 5) is 4.43. The van der Waals surface area contributed by atoms with Crippen molar-refractivity contribution in [3.63, 3.8) is 0 Å². The van der Waals surface area contributed by atoms with Crippen LogP contribution < -0.4 is 0 Å². The van der Waals surface area contributed by atoms with E-state index in [0.717, 1.165) is 25.7 Å². The average Bonchev–Trinajstić information content (AvgIpc) is 2.03. The van der Waals surface area contributed by atoms with Gasteiger partial charge < -0.3 is 4.84 Å². The molecule has 0 fully saturated rings. The van der Waals surface area contributed by atoms with E-state index in [9.17, 15) is 0 Å². The second-order valence-corrected chi connectivity index (χ2v) is 2.05. The highest BCUT2D eigenvalue weighted by molar-refractivity contribution is 5.77. The lowest BCUT2D eigenvalue weighted by molar-refractivity contribution is 0.216. The van der Waals surface area contributed by atoms with Crippen molar-refractivity contribution in [2.45, 2.75) is 25.7 Å². The number of oxime groups is 1. The summed E-state index contributed by atoms with van der Waals surface area (Å²) in [5.74, 6) is 5.71. The van der Waals surface area contributed by atoms with Gasteiger partial charge >= 0.3 is 0 Å². The van der Waals surface area contributed by atoms with Gasteiger partial charge in [0.25, 0.3) is 0 Å². The van der Waals surface area contributed by atoms with Crippen molar-refractivity contribution in [1.29, 1.82) is 0 Å². The van der Waals surface area contributed by atoms with Crippen LogP contribution in [0.3, 0.4) is 0 Å². The van der Waals surface area contributed by atoms with Gasteiger partial charge in [-0.25, -0.2) is 0 Å². The van der Waals surface area contributed by atoms with Crippen LogP contribution in [0.5, 0.6) is 0 Å². The third kappa shape index (κ3) is 9.03. The van der Waals surface area contributed by atoms with Crippen molar-refractivity contribution in [2.75, 3.05) is 7.11 Å². The number of hydrogen-bond acceptors (Lipinski definition) is 2. The van der Waals surface area contributed by atoms with Crippen molar-refractivity contribution < 1.29 is 4.84 Å². The molecule has 0 bridgehead atoms. The zero-order valence-corrected chi connectivity index (χ0v) is 6.97. The summed E-state index contributed by atoms with van der Waals surface area (Å²) in [6, 6.07) is 0. The summed E-state index contributed by atoms with van der Waals surface area (Å²) in [7, 11) is 1.50. The van der Waals surface area contributed by atoms with Crippen LogP contribution in [0.1, 0.15) is 25.7 Å². The Balaban J connectivity index is 3.19. The van der Waals surface area contributed by atoms with E-state index in [2.05, 4.69) is 28.8 Å². The SMILES string of the molecule is [CH2]CCCCC#C/C=N\OC. The second-order valence-electron chi connectivity index (χ2n) is 2.05. The molecule has 0 heterocycles. The van der Waals surface area contributed by atoms with Gasteiger partial charge in [-0.15, -0.1) is 0 Å². The predicted octanol–water partition coefficient (Wildman–Crippen LogP) is 2.02. The van der Waals surface area contributed by atoms with Crippen LogP contribution in [-0.4, -0.2) is 13.3 Å². The summed E-state index contributed by atoms with van der Waals surface area (Å²) in [5.41, 5.74) is 0. The van der Waals surface area contributed by atoms with Crippen molar-refractivity contribution >= 4 is 6.21 Å². The molecule has 0 aromatic heterocycles. The molecule has 0 N–H and O–H groups in total. The van der Waals surface area contributed by atoms with Gasteiger partial charge in [-0.05, 0) is 6.42 Å². The highest BCUT2D eigenvalue weighted by Crippen LogP contribution is 1.95. The first-order valence-corrected chi connectivity index (χ1v) is 3.74. The summed E-state index contributed by atoms with van der Waals surface area (Å²) in [6.45, 7) is 3.74. The normalized spacial score (nSPS) is 9.27. The predicted molar refractivity (Wildman–Crippen MR) is 47.1 cm³/mol. The van der Waals surface area contributed by atoms with E-state index in [4.69, 9.17) is 0 Å². The maximum Gasteiger partial charge on any atom is 0.116 e. The first kappa shape index (κ1) is 10.0. The molecule has 0 aliphatic carbocycles. The maximum atomic E-state index is 4.43. The number of unbranched alkanes of at least 4 members (excludes halogenated alkanes) is 3. The van der Waals surface area contributed by atoms with Gasteiger partial charge in [0.15, 0.2) is 0 Å². The van der Waals surface area contributed by atoms with Crippen molar-refractivity contribution in [3.8, 4) is 11.8 Å². The van der Waals surface area contributed by atoms with Crippen LogP contribution in [0.15, 0.2) is 5.16 Å². The number of hydrogen-bond donors (Lipinski definition) is 0. The average molecular weight is 152 g/mol. The number of nitrogens with zero attached hydrogens (tertiary/aromatic N) is 1. The molecule has 0 rings (SSSR count). The molecule has 0 saturated carbocycles. The largest absolute Gasteiger partial charge is 0.399 e. The minimum atomic E-state index is 0.922. The van der Waals surface area contributed by atoms with Crippen molar-refractivity contribution in [2.24, 2.45) is 5.16 Å². The standard InChI is InChI=1S/C9H14NO/c1-3-4-5-6-7-8-9-10-11-2/h9H,1,3-6H2,2H3/b10-9-. The van der Waals surface area contributed by atoms with E-state index in [-0.39, 0.29) is 0 Å². The monoisotopic (exact) mass is 152 g/mol. The quantitative estimate of drug-likeness (QED) is 0.261. The number of rotatable bonds is 4. The summed E-state index contributed by atoms with van der Waals surface area (Å²) >= 11 is 0. The molecule has 0 aliphatic rings. The zero-order chi connectivity index (χ0) is 8.36. The fraction of sp³-hybridized carbons (Fsp3) is 0.556. The van der Waals surface area contributed by atoms with E-state index >= 15 is 0 Å². The molecule has 2 nitrogen and oxygen atoms in total. The molecule has 1 radical (unpaired) electrons. The molecule has 61 valence electrons. The van der Waals surface area contributed by atoms with Crippen LogP contribution in [0.25, 0.3) is 0 Å². The third-order valence-electron chi connectivity index (χ3n) is 1.13. The van der Waals surface area contributed by atoms with Gasteiger partial charge in [0.1, 0.15) is 13.3 Å². The third-order valence-corrected chi connectivity index (χ3v) is 1.13. The highest BCUT2D eigenvalue weighted by Gasteiger charge is 1.79. The zero-order valence-electron chi connectivity index (χ0n) is 6.97. The molecule has 11 heavy (non-hydrogen) atoms. The lowest BCUT2D eigenvalue weighted by Gasteiger charge is -1.86. The molecule has 2 heteroatoms. The molecule has 0 saturated heterocycles. The lowest BCUT2D eigenvalue weighted by atomic mass is 10.2. The molecule has 0 aliphatic heterocycles. The summed E-state index contributed by atoms with van der Waals surface area (Å²) < 4.78 is 0. The first-order valence-electron chi connectivity index (χ1n) is 3.74. The maximum absolute atomic E-state index is 4.43. The van der Waals surface area contributed by atoms with Gasteiger partial charge in [0, 0.05) is 6.42 Å². The van der Waals surface area contributed by atoms with Crippen LogP contribution in [-0.2, 0) is 4.84 Å². The molecular weight excluding hydrogens is 138 g/mol. The Hall–Kier alpha value is -0.970. The fourth-order valence-corrected chi connectivity index (χ4v) is 0.587. The second kappa shape index (κ2) is 9.03. The Morgan fingerprint density at radius 2 is 2.36 bits per heavy atom. The van der Waals surface area contributed by atoms with Crippen molar-refractivity contribution in [3.05, 3.63) is 6.92 Å². The topological polar surface area (TPSA) is 21.6 Å². The van der Waals surface area contributed by atoms with Crippen LogP contribution in [0.4, 0.5) is 0 Å². The molecule has 0 amide bonds.